The van der Waals surface area contributed by atoms with Crippen molar-refractivity contribution >= 4 is 30.9 Å². The molecule has 0 saturated heterocycles. The summed E-state index contributed by atoms with van der Waals surface area (Å²) < 4.78 is 3.64. The van der Waals surface area contributed by atoms with Crippen molar-refractivity contribution in [1.82, 2.24) is 3.53 Å². The molecule has 1 aliphatic rings. The summed E-state index contributed by atoms with van der Waals surface area (Å²) in [6.45, 7) is 9.74. The zero-order valence-electron chi connectivity index (χ0n) is 18.8. The third kappa shape index (κ3) is 12.6. The van der Waals surface area contributed by atoms with Crippen LogP contribution >= 0.6 is 22.9 Å². The van der Waals surface area contributed by atoms with Gasteiger partial charge in [0.25, 0.3) is 0 Å². The molecule has 0 aromatic rings. The predicted molar refractivity (Wildman–Crippen MR) is 134 cm³/mol. The van der Waals surface area contributed by atoms with Crippen LogP contribution in [0.1, 0.15) is 103 Å². The second-order valence-corrected chi connectivity index (χ2v) is 16.3. The predicted octanol–water partition coefficient (Wildman–Crippen LogP) is 8.51. The van der Waals surface area contributed by atoms with Crippen LogP contribution in [0, 0.1) is 17.8 Å². The van der Waals surface area contributed by atoms with Gasteiger partial charge >= 0.3 is 0 Å². The molecular weight excluding hydrogens is 457 g/mol. The van der Waals surface area contributed by atoms with Crippen LogP contribution in [0.25, 0.3) is 0 Å². The van der Waals surface area contributed by atoms with E-state index < -0.39 is 8.07 Å². The number of unbranched alkanes of at least 4 members (excludes halogenated alkanes) is 4. The summed E-state index contributed by atoms with van der Waals surface area (Å²) in [5.74, 6) is 8.23. The van der Waals surface area contributed by atoms with Gasteiger partial charge in [-0.2, -0.15) is 0 Å². The van der Waals surface area contributed by atoms with E-state index in [9.17, 15) is 0 Å². The number of halogens is 1. The molecule has 0 aromatic heterocycles. The summed E-state index contributed by atoms with van der Waals surface area (Å²) in [6, 6.07) is 1.45. The fourth-order valence-electron chi connectivity index (χ4n) is 4.28. The molecule has 0 spiro atoms. The van der Waals surface area contributed by atoms with Crippen LogP contribution in [0.2, 0.25) is 25.7 Å². The maximum atomic E-state index is 3.70. The fraction of sp³-hybridized carbons (Fsp3) is 0.917. The molecule has 1 nitrogen and oxygen atoms in total. The second-order valence-electron chi connectivity index (χ2n) is 10.1. The van der Waals surface area contributed by atoms with E-state index in [1.54, 1.807) is 0 Å². The van der Waals surface area contributed by atoms with Crippen LogP contribution in [0.3, 0.4) is 0 Å². The molecule has 0 bridgehead atoms. The highest BCUT2D eigenvalue weighted by atomic mass is 127. The molecule has 27 heavy (non-hydrogen) atoms. The molecule has 1 saturated carbocycles. The molecule has 0 radical (unpaired) electrons. The minimum Gasteiger partial charge on any atom is -0.244 e. The largest absolute Gasteiger partial charge is 0.244 e. The SMILES string of the molecule is CCCCC#CC(CCCCC1CCCCC1)(CCCC[Si](C)(C)C)NI. The van der Waals surface area contributed by atoms with Crippen molar-refractivity contribution in [3.8, 4) is 11.8 Å². The summed E-state index contributed by atoms with van der Waals surface area (Å²) in [7, 11) is -0.909. The van der Waals surface area contributed by atoms with Gasteiger partial charge in [0.15, 0.2) is 0 Å². The highest BCUT2D eigenvalue weighted by Crippen LogP contribution is 2.30. The van der Waals surface area contributed by atoms with Crippen molar-refractivity contribution in [3.63, 3.8) is 0 Å². The summed E-state index contributed by atoms with van der Waals surface area (Å²) in [5.41, 5.74) is 0.0559. The summed E-state index contributed by atoms with van der Waals surface area (Å²) in [5, 5.41) is 0. The molecule has 1 rings (SSSR count). The lowest BCUT2D eigenvalue weighted by atomic mass is 9.83. The Balaban J connectivity index is 2.49. The van der Waals surface area contributed by atoms with E-state index in [-0.39, 0.29) is 5.54 Å². The Bertz CT molecular complexity index is 428. The average molecular weight is 504 g/mol. The summed E-state index contributed by atoms with van der Waals surface area (Å²) in [6.07, 6.45) is 20.3. The Morgan fingerprint density at radius 3 is 2.22 bits per heavy atom. The van der Waals surface area contributed by atoms with Crippen molar-refractivity contribution in [2.24, 2.45) is 5.92 Å². The van der Waals surface area contributed by atoms with Crippen molar-refractivity contribution in [3.05, 3.63) is 0 Å². The first-order valence-electron chi connectivity index (χ1n) is 11.8. The Kier molecular flexibility index (Phi) is 13.6. The minimum atomic E-state index is -0.909. The molecule has 1 unspecified atom stereocenters. The monoisotopic (exact) mass is 503 g/mol. The molecule has 3 heteroatoms. The summed E-state index contributed by atoms with van der Waals surface area (Å²) >= 11 is 2.38. The standard InChI is InChI=1S/C24H46INSi/c1-5-6-7-12-19-24(26-25,21-14-15-22-27(2,3)4)20-13-11-18-23-16-9-8-10-17-23/h23,26H,5-11,13-18,20-22H2,1-4H3. The van der Waals surface area contributed by atoms with Crippen molar-refractivity contribution in [2.45, 2.75) is 134 Å². The smallest absolute Gasteiger partial charge is 0.0883 e. The molecule has 158 valence electrons. The van der Waals surface area contributed by atoms with Crippen molar-refractivity contribution < 1.29 is 0 Å². The van der Waals surface area contributed by atoms with E-state index in [0.717, 1.165) is 12.3 Å². The van der Waals surface area contributed by atoms with E-state index in [1.807, 2.05) is 0 Å². The minimum absolute atomic E-state index is 0.0559. The van der Waals surface area contributed by atoms with Gasteiger partial charge in [0.1, 0.15) is 0 Å². The zero-order valence-corrected chi connectivity index (χ0v) is 21.9. The Hall–Kier alpha value is 0.467. The molecule has 0 aliphatic heterocycles. The van der Waals surface area contributed by atoms with Crippen LogP contribution in [0.5, 0.6) is 0 Å². The first-order chi connectivity index (χ1) is 12.9. The van der Waals surface area contributed by atoms with Gasteiger partial charge in [0, 0.05) is 37.4 Å². The molecular formula is C24H46INSi. The molecule has 0 aromatic carbocycles. The van der Waals surface area contributed by atoms with Gasteiger partial charge in [-0.1, -0.05) is 109 Å². The van der Waals surface area contributed by atoms with Crippen LogP contribution in [0.15, 0.2) is 0 Å². The maximum absolute atomic E-state index is 3.70. The van der Waals surface area contributed by atoms with Gasteiger partial charge in [-0.15, -0.1) is 5.92 Å². The molecule has 1 aliphatic carbocycles. The quantitative estimate of drug-likeness (QED) is 0.0873. The average Bonchev–Trinajstić information content (AvgIpc) is 2.65. The third-order valence-electron chi connectivity index (χ3n) is 6.13. The van der Waals surface area contributed by atoms with E-state index in [4.69, 9.17) is 0 Å². The lowest BCUT2D eigenvalue weighted by Crippen LogP contribution is -2.38. The number of nitrogens with one attached hydrogen (secondary N) is 1. The van der Waals surface area contributed by atoms with Gasteiger partial charge < -0.3 is 0 Å². The Morgan fingerprint density at radius 1 is 0.963 bits per heavy atom. The molecule has 1 N–H and O–H groups in total. The van der Waals surface area contributed by atoms with E-state index in [2.05, 4.69) is 64.8 Å². The molecule has 1 atom stereocenters. The first kappa shape index (κ1) is 25.5. The van der Waals surface area contributed by atoms with Gasteiger partial charge in [-0.3, -0.25) is 0 Å². The number of hydrogen-bond donors (Lipinski definition) is 1. The summed E-state index contributed by atoms with van der Waals surface area (Å²) in [4.78, 5) is 0. The third-order valence-corrected chi connectivity index (χ3v) is 9.02. The van der Waals surface area contributed by atoms with Crippen molar-refractivity contribution in [2.75, 3.05) is 0 Å². The lowest BCUT2D eigenvalue weighted by Gasteiger charge is -2.28. The molecule has 1 fully saturated rings. The van der Waals surface area contributed by atoms with Crippen LogP contribution < -0.4 is 3.53 Å². The van der Waals surface area contributed by atoms with Crippen molar-refractivity contribution in [1.29, 1.82) is 0 Å². The van der Waals surface area contributed by atoms with E-state index in [0.29, 0.717) is 0 Å². The number of rotatable bonds is 13. The van der Waals surface area contributed by atoms with Crippen LogP contribution in [-0.4, -0.2) is 13.6 Å². The number of hydrogen-bond acceptors (Lipinski definition) is 1. The zero-order chi connectivity index (χ0) is 20.0. The van der Waals surface area contributed by atoms with E-state index >= 15 is 0 Å². The maximum Gasteiger partial charge on any atom is 0.0883 e. The van der Waals surface area contributed by atoms with Crippen LogP contribution in [0.4, 0.5) is 0 Å². The lowest BCUT2D eigenvalue weighted by molar-refractivity contribution is 0.320. The fourth-order valence-corrected chi connectivity index (χ4v) is 6.27. The first-order valence-corrected chi connectivity index (χ1v) is 16.6. The Morgan fingerprint density at radius 2 is 1.63 bits per heavy atom. The van der Waals surface area contributed by atoms with Gasteiger partial charge in [-0.25, -0.2) is 3.53 Å². The molecule has 0 heterocycles. The second kappa shape index (κ2) is 14.4. The van der Waals surface area contributed by atoms with Gasteiger partial charge in [0.2, 0.25) is 0 Å². The molecule has 0 amide bonds. The van der Waals surface area contributed by atoms with Gasteiger partial charge in [0.05, 0.1) is 5.54 Å². The normalized spacial score (nSPS) is 18.0. The van der Waals surface area contributed by atoms with E-state index in [1.165, 1.54) is 95.9 Å². The van der Waals surface area contributed by atoms with Crippen LogP contribution in [-0.2, 0) is 0 Å². The highest BCUT2D eigenvalue weighted by molar-refractivity contribution is 14.1. The highest BCUT2D eigenvalue weighted by Gasteiger charge is 2.26. The topological polar surface area (TPSA) is 12.0 Å². The Labute approximate surface area is 186 Å². The van der Waals surface area contributed by atoms with Gasteiger partial charge in [-0.05, 0) is 25.2 Å².